The largest absolute Gasteiger partial charge is 0.366 e. The van der Waals surface area contributed by atoms with Crippen LogP contribution in [0, 0.1) is 11.6 Å². The van der Waals surface area contributed by atoms with Crippen molar-refractivity contribution < 1.29 is 23.2 Å². The van der Waals surface area contributed by atoms with Crippen LogP contribution in [0.1, 0.15) is 18.4 Å². The van der Waals surface area contributed by atoms with Crippen LogP contribution in [0.3, 0.4) is 0 Å². The molecule has 1 unspecified atom stereocenters. The number of para-hydroxylation sites is 1. The van der Waals surface area contributed by atoms with Gasteiger partial charge in [-0.2, -0.15) is 0 Å². The summed E-state index contributed by atoms with van der Waals surface area (Å²) in [6, 6.07) is 12.3. The van der Waals surface area contributed by atoms with Crippen molar-refractivity contribution in [3.8, 4) is 0 Å². The van der Waals surface area contributed by atoms with Gasteiger partial charge in [0.25, 0.3) is 0 Å². The Balaban J connectivity index is 1.54. The molecule has 2 aliphatic rings. The van der Waals surface area contributed by atoms with E-state index in [1.54, 1.807) is 29.2 Å². The predicted octanol–water partition coefficient (Wildman–Crippen LogP) is 2.26. The van der Waals surface area contributed by atoms with Crippen LogP contribution in [-0.2, 0) is 19.8 Å². The summed E-state index contributed by atoms with van der Waals surface area (Å²) in [5.41, 5.74) is -1.02. The lowest BCUT2D eigenvalue weighted by atomic mass is 9.75. The minimum atomic E-state index is -1.57. The summed E-state index contributed by atoms with van der Waals surface area (Å²) in [6.45, 7) is 2.19. The second kappa shape index (κ2) is 10.1. The van der Waals surface area contributed by atoms with E-state index in [-0.39, 0.29) is 36.7 Å². The molecule has 3 amide bonds. The number of halogens is 2. The Morgan fingerprint density at radius 2 is 1.57 bits per heavy atom. The highest BCUT2D eigenvalue weighted by Gasteiger charge is 2.55. The van der Waals surface area contributed by atoms with Crippen LogP contribution in [0.4, 0.5) is 14.5 Å². The number of imide groups is 1. The number of likely N-dealkylation sites (N-methyl/N-ethyl adjacent to an activating group) is 1. The molecule has 35 heavy (non-hydrogen) atoms. The number of benzene rings is 2. The Morgan fingerprint density at radius 1 is 0.943 bits per heavy atom. The van der Waals surface area contributed by atoms with Gasteiger partial charge in [-0.25, -0.2) is 8.78 Å². The van der Waals surface area contributed by atoms with Crippen molar-refractivity contribution in [3.05, 3.63) is 65.7 Å². The van der Waals surface area contributed by atoms with Crippen LogP contribution in [0.15, 0.2) is 48.5 Å². The molecule has 0 saturated carbocycles. The van der Waals surface area contributed by atoms with Gasteiger partial charge in [0.05, 0.1) is 11.1 Å². The van der Waals surface area contributed by atoms with E-state index in [1.165, 1.54) is 24.3 Å². The second-order valence-corrected chi connectivity index (χ2v) is 9.39. The van der Waals surface area contributed by atoms with Gasteiger partial charge < -0.3 is 14.7 Å². The molecule has 0 aliphatic carbocycles. The average molecular weight is 485 g/mol. The number of amides is 3. The molecular formula is C26H30F2N4O3. The molecule has 0 radical (unpaired) electrons. The zero-order valence-corrected chi connectivity index (χ0v) is 20.0. The highest BCUT2D eigenvalue weighted by Crippen LogP contribution is 2.41. The minimum absolute atomic E-state index is 0.0732. The van der Waals surface area contributed by atoms with E-state index >= 15 is 0 Å². The molecular weight excluding hydrogens is 454 g/mol. The Labute approximate surface area is 203 Å². The van der Waals surface area contributed by atoms with Crippen LogP contribution in [0.25, 0.3) is 0 Å². The maximum atomic E-state index is 14.9. The zero-order valence-electron chi connectivity index (χ0n) is 20.0. The lowest BCUT2D eigenvalue weighted by molar-refractivity contribution is -0.143. The molecule has 0 spiro atoms. The van der Waals surface area contributed by atoms with Gasteiger partial charge in [0.2, 0.25) is 17.7 Å². The first kappa shape index (κ1) is 24.8. The van der Waals surface area contributed by atoms with Crippen molar-refractivity contribution in [2.45, 2.75) is 18.3 Å². The van der Waals surface area contributed by atoms with Gasteiger partial charge in [0, 0.05) is 57.7 Å². The number of nitrogens with zero attached hydrogens (tertiary/aromatic N) is 4. The van der Waals surface area contributed by atoms with Gasteiger partial charge in [-0.3, -0.25) is 19.3 Å². The molecule has 2 aliphatic heterocycles. The number of rotatable bonds is 7. The van der Waals surface area contributed by atoms with E-state index in [0.717, 1.165) is 4.90 Å². The number of carbonyl (C=O) groups excluding carboxylic acids is 3. The van der Waals surface area contributed by atoms with Gasteiger partial charge in [-0.1, -0.05) is 30.3 Å². The quantitative estimate of drug-likeness (QED) is 0.565. The van der Waals surface area contributed by atoms with Crippen molar-refractivity contribution >= 4 is 23.4 Å². The normalized spacial score (nSPS) is 20.8. The third kappa shape index (κ3) is 4.91. The molecule has 0 aromatic heterocycles. The molecule has 0 N–H and O–H groups in total. The summed E-state index contributed by atoms with van der Waals surface area (Å²) >= 11 is 0. The first-order chi connectivity index (χ1) is 16.7. The minimum Gasteiger partial charge on any atom is -0.366 e. The van der Waals surface area contributed by atoms with Gasteiger partial charge in [0.15, 0.2) is 0 Å². The van der Waals surface area contributed by atoms with Gasteiger partial charge >= 0.3 is 0 Å². The standard InChI is InChI=1S/C26H30F2N4O3/c1-29(2)11-16-32-24(34)18-26(25(32)35,19-7-3-4-8-20(19)27)17-23(33)31-14-12-30(13-15-31)22-10-6-5-9-21(22)28/h3-10H,11-18H2,1-2H3. The van der Waals surface area contributed by atoms with Crippen LogP contribution in [0.5, 0.6) is 0 Å². The molecule has 9 heteroatoms. The second-order valence-electron chi connectivity index (χ2n) is 9.39. The first-order valence-corrected chi connectivity index (χ1v) is 11.7. The number of hydrogen-bond acceptors (Lipinski definition) is 5. The molecule has 2 saturated heterocycles. The molecule has 2 heterocycles. The van der Waals surface area contributed by atoms with Gasteiger partial charge in [-0.15, -0.1) is 0 Å². The number of likely N-dealkylation sites (tertiary alicyclic amines) is 1. The molecule has 186 valence electrons. The SMILES string of the molecule is CN(C)CCN1C(=O)CC(CC(=O)N2CCN(c3ccccc3F)CC2)(c2ccccc2F)C1=O. The van der Waals surface area contributed by atoms with Gasteiger partial charge in [0.1, 0.15) is 11.6 Å². The van der Waals surface area contributed by atoms with Gasteiger partial charge in [-0.05, 0) is 32.3 Å². The fourth-order valence-corrected chi connectivity index (χ4v) is 4.90. The average Bonchev–Trinajstić information content (AvgIpc) is 3.07. The summed E-state index contributed by atoms with van der Waals surface area (Å²) in [5, 5.41) is 0. The monoisotopic (exact) mass is 484 g/mol. The highest BCUT2D eigenvalue weighted by molar-refractivity contribution is 6.10. The molecule has 4 rings (SSSR count). The van der Waals surface area contributed by atoms with E-state index in [4.69, 9.17) is 0 Å². The Morgan fingerprint density at radius 3 is 2.20 bits per heavy atom. The third-order valence-electron chi connectivity index (χ3n) is 6.85. The van der Waals surface area contributed by atoms with Crippen molar-refractivity contribution in [1.29, 1.82) is 0 Å². The van der Waals surface area contributed by atoms with Crippen molar-refractivity contribution in [2.75, 3.05) is 58.3 Å². The number of anilines is 1. The highest BCUT2D eigenvalue weighted by atomic mass is 19.1. The maximum absolute atomic E-state index is 14.9. The Kier molecular flexibility index (Phi) is 7.16. The summed E-state index contributed by atoms with van der Waals surface area (Å²) in [6.07, 6.45) is -0.544. The Hall–Kier alpha value is -3.33. The van der Waals surface area contributed by atoms with Crippen LogP contribution < -0.4 is 4.90 Å². The number of piperazine rings is 1. The van der Waals surface area contributed by atoms with Crippen molar-refractivity contribution in [3.63, 3.8) is 0 Å². The summed E-state index contributed by atoms with van der Waals surface area (Å²) in [7, 11) is 3.67. The zero-order chi connectivity index (χ0) is 25.2. The lowest BCUT2D eigenvalue weighted by Gasteiger charge is -2.38. The van der Waals surface area contributed by atoms with E-state index in [0.29, 0.717) is 38.4 Å². The lowest BCUT2D eigenvalue weighted by Crippen LogP contribution is -2.51. The first-order valence-electron chi connectivity index (χ1n) is 11.7. The van der Waals surface area contributed by atoms with Crippen LogP contribution in [-0.4, -0.2) is 85.8 Å². The fraction of sp³-hybridized carbons (Fsp3) is 0.423. The van der Waals surface area contributed by atoms with E-state index < -0.39 is 23.0 Å². The number of carbonyl (C=O) groups is 3. The maximum Gasteiger partial charge on any atom is 0.241 e. The van der Waals surface area contributed by atoms with Crippen LogP contribution >= 0.6 is 0 Å². The fourth-order valence-electron chi connectivity index (χ4n) is 4.90. The third-order valence-corrected chi connectivity index (χ3v) is 6.85. The van der Waals surface area contributed by atoms with Crippen molar-refractivity contribution in [2.24, 2.45) is 0 Å². The molecule has 0 bridgehead atoms. The number of hydrogen-bond donors (Lipinski definition) is 0. The molecule has 7 nitrogen and oxygen atoms in total. The summed E-state index contributed by atoms with van der Waals surface area (Å²) < 4.78 is 29.1. The molecule has 2 fully saturated rings. The molecule has 1 atom stereocenters. The summed E-state index contributed by atoms with van der Waals surface area (Å²) in [4.78, 5) is 46.4. The van der Waals surface area contributed by atoms with E-state index in [9.17, 15) is 23.2 Å². The molecule has 2 aromatic carbocycles. The smallest absolute Gasteiger partial charge is 0.241 e. The van der Waals surface area contributed by atoms with E-state index in [2.05, 4.69) is 0 Å². The predicted molar refractivity (Wildman–Crippen MR) is 128 cm³/mol. The topological polar surface area (TPSA) is 64.2 Å². The Bertz CT molecular complexity index is 1120. The summed E-state index contributed by atoms with van der Waals surface area (Å²) in [5.74, 6) is -2.19. The van der Waals surface area contributed by atoms with Crippen molar-refractivity contribution in [1.82, 2.24) is 14.7 Å². The van der Waals surface area contributed by atoms with Crippen LogP contribution in [0.2, 0.25) is 0 Å². The van der Waals surface area contributed by atoms with E-state index in [1.807, 2.05) is 23.9 Å². The molecule has 2 aromatic rings.